The summed E-state index contributed by atoms with van der Waals surface area (Å²) in [5.74, 6) is 0. The van der Waals surface area contributed by atoms with E-state index in [4.69, 9.17) is 0 Å². The summed E-state index contributed by atoms with van der Waals surface area (Å²) in [6, 6.07) is 8.45. The first-order valence-corrected chi connectivity index (χ1v) is 5.02. The molecule has 0 heterocycles. The number of aryl methyl sites for hydroxylation is 1. The third-order valence-electron chi connectivity index (χ3n) is 2.34. The lowest BCUT2D eigenvalue weighted by Crippen LogP contribution is -2.08. The van der Waals surface area contributed by atoms with Crippen molar-refractivity contribution in [2.45, 2.75) is 39.2 Å². The average Bonchev–Trinajstić information content (AvgIpc) is 2.18. The van der Waals surface area contributed by atoms with Gasteiger partial charge in [-0.3, -0.25) is 0 Å². The Labute approximate surface area is 80.4 Å². The highest BCUT2D eigenvalue weighted by molar-refractivity contribution is 5.23. The van der Waals surface area contributed by atoms with Gasteiger partial charge in [0.05, 0.1) is 6.10 Å². The Morgan fingerprint density at radius 2 is 1.92 bits per heavy atom. The van der Waals surface area contributed by atoms with Crippen molar-refractivity contribution in [3.05, 3.63) is 35.4 Å². The van der Waals surface area contributed by atoms with Crippen LogP contribution in [-0.4, -0.2) is 11.2 Å². The Balaban J connectivity index is 2.66. The van der Waals surface area contributed by atoms with E-state index < -0.39 is 0 Å². The van der Waals surface area contributed by atoms with E-state index in [0.717, 1.165) is 19.3 Å². The van der Waals surface area contributed by atoms with Crippen LogP contribution in [0.15, 0.2) is 24.3 Å². The highest BCUT2D eigenvalue weighted by Crippen LogP contribution is 2.09. The van der Waals surface area contributed by atoms with Crippen molar-refractivity contribution in [1.82, 2.24) is 0 Å². The minimum atomic E-state index is -0.188. The van der Waals surface area contributed by atoms with Gasteiger partial charge in [0.15, 0.2) is 0 Å². The summed E-state index contributed by atoms with van der Waals surface area (Å²) in [4.78, 5) is 0. The van der Waals surface area contributed by atoms with Gasteiger partial charge in [0.25, 0.3) is 0 Å². The maximum absolute atomic E-state index is 9.47. The van der Waals surface area contributed by atoms with Crippen LogP contribution in [0.25, 0.3) is 0 Å². The number of hydrogen-bond acceptors (Lipinski definition) is 1. The molecule has 0 saturated heterocycles. The van der Waals surface area contributed by atoms with E-state index in [1.54, 1.807) is 0 Å². The molecule has 0 amide bonds. The first kappa shape index (κ1) is 10.3. The van der Waals surface area contributed by atoms with Crippen molar-refractivity contribution < 1.29 is 5.11 Å². The van der Waals surface area contributed by atoms with Gasteiger partial charge >= 0.3 is 0 Å². The molecular formula is C12H18O. The predicted molar refractivity (Wildman–Crippen MR) is 55.8 cm³/mol. The molecule has 0 unspecified atom stereocenters. The largest absolute Gasteiger partial charge is 0.393 e. The third-order valence-corrected chi connectivity index (χ3v) is 2.34. The van der Waals surface area contributed by atoms with E-state index in [1.807, 2.05) is 6.92 Å². The Hall–Kier alpha value is -0.820. The normalized spacial score (nSPS) is 12.8. The molecule has 0 aliphatic carbocycles. The molecule has 1 aromatic rings. The van der Waals surface area contributed by atoms with Crippen molar-refractivity contribution >= 4 is 0 Å². The lowest BCUT2D eigenvalue weighted by molar-refractivity contribution is 0.171. The SMILES string of the molecule is CCc1cccc(C[C@H](O)CC)c1. The fourth-order valence-corrected chi connectivity index (χ4v) is 1.39. The van der Waals surface area contributed by atoms with Crippen LogP contribution < -0.4 is 0 Å². The summed E-state index contributed by atoms with van der Waals surface area (Å²) in [7, 11) is 0. The molecule has 0 radical (unpaired) electrons. The molecule has 1 aromatic carbocycles. The second-order valence-electron chi connectivity index (χ2n) is 3.44. The van der Waals surface area contributed by atoms with Gasteiger partial charge in [0, 0.05) is 0 Å². The van der Waals surface area contributed by atoms with E-state index in [9.17, 15) is 5.11 Å². The summed E-state index contributed by atoms with van der Waals surface area (Å²) in [5, 5.41) is 9.47. The quantitative estimate of drug-likeness (QED) is 0.751. The van der Waals surface area contributed by atoms with E-state index in [1.165, 1.54) is 11.1 Å². The van der Waals surface area contributed by atoms with Gasteiger partial charge < -0.3 is 5.11 Å². The van der Waals surface area contributed by atoms with Gasteiger partial charge in [-0.2, -0.15) is 0 Å². The summed E-state index contributed by atoms with van der Waals surface area (Å²) >= 11 is 0. The van der Waals surface area contributed by atoms with Crippen LogP contribution in [0.4, 0.5) is 0 Å². The van der Waals surface area contributed by atoms with Gasteiger partial charge in [0.2, 0.25) is 0 Å². The lowest BCUT2D eigenvalue weighted by atomic mass is 10.0. The van der Waals surface area contributed by atoms with Gasteiger partial charge in [-0.1, -0.05) is 38.1 Å². The van der Waals surface area contributed by atoms with Crippen molar-refractivity contribution in [1.29, 1.82) is 0 Å². The maximum atomic E-state index is 9.47. The zero-order valence-corrected chi connectivity index (χ0v) is 8.46. The van der Waals surface area contributed by atoms with E-state index in [0.29, 0.717) is 0 Å². The fourth-order valence-electron chi connectivity index (χ4n) is 1.39. The Bertz CT molecular complexity index is 255. The average molecular weight is 178 g/mol. The first-order chi connectivity index (χ1) is 6.26. The molecule has 0 aliphatic heterocycles. The standard InChI is InChI=1S/C12H18O/c1-3-10-6-5-7-11(8-10)9-12(13)4-2/h5-8,12-13H,3-4,9H2,1-2H3/t12-/m1/s1. The van der Waals surface area contributed by atoms with Crippen LogP contribution in [0.2, 0.25) is 0 Å². The molecule has 1 heteroatoms. The van der Waals surface area contributed by atoms with E-state index in [2.05, 4.69) is 31.2 Å². The number of benzene rings is 1. The molecule has 0 bridgehead atoms. The molecular weight excluding hydrogens is 160 g/mol. The Morgan fingerprint density at radius 1 is 1.23 bits per heavy atom. The zero-order valence-electron chi connectivity index (χ0n) is 8.46. The summed E-state index contributed by atoms with van der Waals surface area (Å²) in [6.45, 7) is 4.16. The minimum absolute atomic E-state index is 0.188. The summed E-state index contributed by atoms with van der Waals surface area (Å²) < 4.78 is 0. The van der Waals surface area contributed by atoms with E-state index >= 15 is 0 Å². The smallest absolute Gasteiger partial charge is 0.0577 e. The summed E-state index contributed by atoms with van der Waals surface area (Å²) in [5.41, 5.74) is 2.59. The van der Waals surface area contributed by atoms with Crippen LogP contribution in [0.3, 0.4) is 0 Å². The van der Waals surface area contributed by atoms with Gasteiger partial charge in [0.1, 0.15) is 0 Å². The first-order valence-electron chi connectivity index (χ1n) is 5.02. The van der Waals surface area contributed by atoms with Crippen molar-refractivity contribution in [3.8, 4) is 0 Å². The molecule has 13 heavy (non-hydrogen) atoms. The maximum Gasteiger partial charge on any atom is 0.0577 e. The fraction of sp³-hybridized carbons (Fsp3) is 0.500. The number of aliphatic hydroxyl groups excluding tert-OH is 1. The molecule has 1 nitrogen and oxygen atoms in total. The minimum Gasteiger partial charge on any atom is -0.393 e. The second-order valence-corrected chi connectivity index (χ2v) is 3.44. The molecule has 0 aliphatic rings. The van der Waals surface area contributed by atoms with Crippen LogP contribution in [0, 0.1) is 0 Å². The van der Waals surface area contributed by atoms with E-state index in [-0.39, 0.29) is 6.10 Å². The van der Waals surface area contributed by atoms with Crippen molar-refractivity contribution in [2.24, 2.45) is 0 Å². The second kappa shape index (κ2) is 5.03. The molecule has 72 valence electrons. The monoisotopic (exact) mass is 178 g/mol. The topological polar surface area (TPSA) is 20.2 Å². The predicted octanol–water partition coefficient (Wildman–Crippen LogP) is 2.56. The molecule has 1 rings (SSSR count). The summed E-state index contributed by atoms with van der Waals surface area (Å²) in [6.07, 6.45) is 2.49. The van der Waals surface area contributed by atoms with Crippen molar-refractivity contribution in [2.75, 3.05) is 0 Å². The van der Waals surface area contributed by atoms with Crippen LogP contribution >= 0.6 is 0 Å². The van der Waals surface area contributed by atoms with Gasteiger partial charge in [-0.05, 0) is 30.4 Å². The molecule has 0 aromatic heterocycles. The number of aliphatic hydroxyl groups is 1. The molecule has 0 fully saturated rings. The molecule has 1 atom stereocenters. The lowest BCUT2D eigenvalue weighted by Gasteiger charge is -2.08. The highest BCUT2D eigenvalue weighted by atomic mass is 16.3. The van der Waals surface area contributed by atoms with Gasteiger partial charge in [-0.25, -0.2) is 0 Å². The van der Waals surface area contributed by atoms with Crippen LogP contribution in [0.1, 0.15) is 31.4 Å². The Kier molecular flexibility index (Phi) is 3.97. The van der Waals surface area contributed by atoms with Crippen LogP contribution in [-0.2, 0) is 12.8 Å². The van der Waals surface area contributed by atoms with Crippen molar-refractivity contribution in [3.63, 3.8) is 0 Å². The third kappa shape index (κ3) is 3.19. The Morgan fingerprint density at radius 3 is 2.54 bits per heavy atom. The zero-order chi connectivity index (χ0) is 9.68. The molecule has 1 N–H and O–H groups in total. The number of hydrogen-bond donors (Lipinski definition) is 1. The van der Waals surface area contributed by atoms with Crippen LogP contribution in [0.5, 0.6) is 0 Å². The highest BCUT2D eigenvalue weighted by Gasteiger charge is 2.02. The molecule has 0 saturated carbocycles. The number of rotatable bonds is 4. The van der Waals surface area contributed by atoms with Gasteiger partial charge in [-0.15, -0.1) is 0 Å². The molecule has 0 spiro atoms.